The van der Waals surface area contributed by atoms with Crippen LogP contribution in [0.3, 0.4) is 0 Å². The highest BCUT2D eigenvalue weighted by Crippen LogP contribution is 1.98. The maximum absolute atomic E-state index is 10.5. The van der Waals surface area contributed by atoms with Crippen LogP contribution in [0, 0.1) is 0 Å². The van der Waals surface area contributed by atoms with Gasteiger partial charge < -0.3 is 20.8 Å². The lowest BCUT2D eigenvalue weighted by Gasteiger charge is -2.10. The quantitative estimate of drug-likeness (QED) is 0.408. The third kappa shape index (κ3) is 8.95. The number of unbranched alkanes of at least 4 members (excludes halogenated alkanes) is 3. The van der Waals surface area contributed by atoms with Crippen molar-refractivity contribution < 1.29 is 19.8 Å². The van der Waals surface area contributed by atoms with Gasteiger partial charge in [0.05, 0.1) is 0 Å². The van der Waals surface area contributed by atoms with E-state index in [1.165, 1.54) is 0 Å². The van der Waals surface area contributed by atoms with Gasteiger partial charge in [0, 0.05) is 0 Å². The van der Waals surface area contributed by atoms with Crippen molar-refractivity contribution in [1.82, 2.24) is 10.6 Å². The van der Waals surface area contributed by atoms with Crippen LogP contribution in [0.5, 0.6) is 0 Å². The van der Waals surface area contributed by atoms with Gasteiger partial charge in [0.2, 0.25) is 0 Å². The van der Waals surface area contributed by atoms with Gasteiger partial charge in [-0.1, -0.05) is 12.8 Å². The molecule has 0 amide bonds. The maximum Gasteiger partial charge on any atom is 0.320 e. The molecule has 106 valence electrons. The van der Waals surface area contributed by atoms with E-state index in [-0.39, 0.29) is 0 Å². The Morgan fingerprint density at radius 1 is 0.833 bits per heavy atom. The van der Waals surface area contributed by atoms with Crippen LogP contribution in [-0.4, -0.2) is 47.3 Å². The highest BCUT2D eigenvalue weighted by Gasteiger charge is 2.09. The predicted molar refractivity (Wildman–Crippen MR) is 68.7 cm³/mol. The fraction of sp³-hybridized carbons (Fsp3) is 0.833. The van der Waals surface area contributed by atoms with Crippen LogP contribution in [0.4, 0.5) is 0 Å². The lowest BCUT2D eigenvalue weighted by atomic mass is 10.2. The third-order valence-electron chi connectivity index (χ3n) is 2.75. The van der Waals surface area contributed by atoms with Gasteiger partial charge in [-0.3, -0.25) is 9.59 Å². The van der Waals surface area contributed by atoms with Crippen molar-refractivity contribution in [3.05, 3.63) is 0 Å². The van der Waals surface area contributed by atoms with Crippen LogP contribution in [0.15, 0.2) is 0 Å². The van der Waals surface area contributed by atoms with Crippen molar-refractivity contribution in [3.8, 4) is 0 Å². The van der Waals surface area contributed by atoms with Gasteiger partial charge in [0.1, 0.15) is 12.1 Å². The molecule has 0 bridgehead atoms. The van der Waals surface area contributed by atoms with Crippen LogP contribution in [0.1, 0.15) is 39.5 Å². The SMILES string of the molecule is C[C@@H](NCCCCCCN[C@H](C)C(=O)O)C(=O)O. The van der Waals surface area contributed by atoms with Gasteiger partial charge >= 0.3 is 11.9 Å². The van der Waals surface area contributed by atoms with E-state index in [0.29, 0.717) is 13.1 Å². The number of hydrogen-bond donors (Lipinski definition) is 4. The highest BCUT2D eigenvalue weighted by atomic mass is 16.4. The lowest BCUT2D eigenvalue weighted by molar-refractivity contribution is -0.139. The molecule has 0 rings (SSSR count). The zero-order chi connectivity index (χ0) is 14.0. The molecular weight excluding hydrogens is 236 g/mol. The van der Waals surface area contributed by atoms with Crippen LogP contribution < -0.4 is 10.6 Å². The van der Waals surface area contributed by atoms with E-state index in [1.54, 1.807) is 13.8 Å². The Bertz CT molecular complexity index is 232. The van der Waals surface area contributed by atoms with Gasteiger partial charge in [0.15, 0.2) is 0 Å². The maximum atomic E-state index is 10.5. The van der Waals surface area contributed by atoms with Gasteiger partial charge in [-0.15, -0.1) is 0 Å². The summed E-state index contributed by atoms with van der Waals surface area (Å²) in [7, 11) is 0. The summed E-state index contributed by atoms with van der Waals surface area (Å²) in [6.45, 7) is 4.65. The first-order valence-electron chi connectivity index (χ1n) is 6.37. The molecule has 0 aromatic carbocycles. The van der Waals surface area contributed by atoms with Crippen LogP contribution >= 0.6 is 0 Å². The average Bonchev–Trinajstić information content (AvgIpc) is 2.31. The molecule has 0 unspecified atom stereocenters. The molecule has 0 saturated heterocycles. The zero-order valence-corrected chi connectivity index (χ0v) is 11.1. The molecule has 0 fully saturated rings. The predicted octanol–water partition coefficient (Wildman–Crippen LogP) is 0.672. The second kappa shape index (κ2) is 9.85. The van der Waals surface area contributed by atoms with E-state index in [4.69, 9.17) is 10.2 Å². The van der Waals surface area contributed by atoms with Crippen LogP contribution in [0.2, 0.25) is 0 Å². The molecule has 0 aliphatic heterocycles. The Hall–Kier alpha value is -1.14. The standard InChI is InChI=1S/C12H24N2O4/c1-9(11(15)16)13-7-5-3-4-6-8-14-10(2)12(17)18/h9-10,13-14H,3-8H2,1-2H3,(H,15,16)(H,17,18)/t9-,10-/m1/s1. The van der Waals surface area contributed by atoms with Crippen molar-refractivity contribution in [3.63, 3.8) is 0 Å². The fourth-order valence-electron chi connectivity index (χ4n) is 1.42. The summed E-state index contributed by atoms with van der Waals surface area (Å²) < 4.78 is 0. The molecule has 18 heavy (non-hydrogen) atoms. The number of carboxylic acid groups (broad SMARTS) is 2. The lowest BCUT2D eigenvalue weighted by Crippen LogP contribution is -2.34. The van der Waals surface area contributed by atoms with E-state index in [9.17, 15) is 9.59 Å². The third-order valence-corrected chi connectivity index (χ3v) is 2.75. The summed E-state index contributed by atoms with van der Waals surface area (Å²) in [6, 6.07) is -0.994. The molecule has 0 heterocycles. The number of aliphatic carboxylic acids is 2. The summed E-state index contributed by atoms with van der Waals surface area (Å²) in [6.07, 6.45) is 3.91. The minimum Gasteiger partial charge on any atom is -0.480 e. The minimum atomic E-state index is -0.832. The second-order valence-corrected chi connectivity index (χ2v) is 4.44. The van der Waals surface area contributed by atoms with Crippen LogP contribution in [0.25, 0.3) is 0 Å². The summed E-state index contributed by atoms with van der Waals surface area (Å²) in [4.78, 5) is 21.0. The molecule has 0 aromatic rings. The van der Waals surface area contributed by atoms with Crippen molar-refractivity contribution in [2.24, 2.45) is 0 Å². The first kappa shape index (κ1) is 16.9. The average molecular weight is 260 g/mol. The molecule has 6 heteroatoms. The minimum absolute atomic E-state index is 0.497. The molecule has 4 N–H and O–H groups in total. The Balaban J connectivity index is 3.26. The molecule has 0 radical (unpaired) electrons. The molecular formula is C12H24N2O4. The van der Waals surface area contributed by atoms with Gasteiger partial charge in [-0.2, -0.15) is 0 Å². The Morgan fingerprint density at radius 3 is 1.44 bits per heavy atom. The van der Waals surface area contributed by atoms with Crippen molar-refractivity contribution in [2.75, 3.05) is 13.1 Å². The summed E-state index contributed by atoms with van der Waals surface area (Å²) in [5, 5.41) is 23.1. The molecule has 0 aliphatic rings. The van der Waals surface area contributed by atoms with Gasteiger partial charge in [-0.25, -0.2) is 0 Å². The molecule has 0 aliphatic carbocycles. The zero-order valence-electron chi connectivity index (χ0n) is 11.1. The molecule has 6 nitrogen and oxygen atoms in total. The number of carbonyl (C=O) groups is 2. The Morgan fingerprint density at radius 2 is 1.17 bits per heavy atom. The van der Waals surface area contributed by atoms with E-state index < -0.39 is 24.0 Å². The number of nitrogens with one attached hydrogen (secondary N) is 2. The highest BCUT2D eigenvalue weighted by molar-refractivity contribution is 5.73. The van der Waals surface area contributed by atoms with Crippen LogP contribution in [-0.2, 0) is 9.59 Å². The van der Waals surface area contributed by atoms with E-state index in [2.05, 4.69) is 10.6 Å². The first-order chi connectivity index (χ1) is 8.45. The molecule has 2 atom stereocenters. The fourth-order valence-corrected chi connectivity index (χ4v) is 1.42. The Labute approximate surface area is 108 Å². The number of rotatable bonds is 11. The second-order valence-electron chi connectivity index (χ2n) is 4.44. The molecule has 0 spiro atoms. The van der Waals surface area contributed by atoms with E-state index in [0.717, 1.165) is 25.7 Å². The smallest absolute Gasteiger partial charge is 0.320 e. The summed E-state index contributed by atoms with van der Waals surface area (Å²) in [5.41, 5.74) is 0. The monoisotopic (exact) mass is 260 g/mol. The van der Waals surface area contributed by atoms with Crippen molar-refractivity contribution in [1.29, 1.82) is 0 Å². The summed E-state index contributed by atoms with van der Waals surface area (Å²) >= 11 is 0. The topological polar surface area (TPSA) is 98.7 Å². The normalized spacial score (nSPS) is 14.1. The molecule has 0 aromatic heterocycles. The largest absolute Gasteiger partial charge is 0.480 e. The van der Waals surface area contributed by atoms with E-state index >= 15 is 0 Å². The van der Waals surface area contributed by atoms with Gasteiger partial charge in [0.25, 0.3) is 0 Å². The first-order valence-corrected chi connectivity index (χ1v) is 6.37. The Kier molecular flexibility index (Phi) is 9.22. The number of hydrogen-bond acceptors (Lipinski definition) is 4. The number of carboxylic acids is 2. The van der Waals surface area contributed by atoms with Gasteiger partial charge in [-0.05, 0) is 39.8 Å². The van der Waals surface area contributed by atoms with E-state index in [1.807, 2.05) is 0 Å². The van der Waals surface area contributed by atoms with Crippen molar-refractivity contribution in [2.45, 2.75) is 51.6 Å². The molecule has 0 saturated carbocycles. The van der Waals surface area contributed by atoms with Crippen molar-refractivity contribution >= 4 is 11.9 Å². The summed E-state index contributed by atoms with van der Waals surface area (Å²) in [5.74, 6) is -1.66.